The number of halogens is 1. The van der Waals surface area contributed by atoms with Gasteiger partial charge in [0.25, 0.3) is 0 Å². The predicted octanol–water partition coefficient (Wildman–Crippen LogP) is 3.92. The zero-order chi connectivity index (χ0) is 21.7. The first-order valence-corrected chi connectivity index (χ1v) is 10.4. The van der Waals surface area contributed by atoms with E-state index >= 15 is 0 Å². The number of hydrogen-bond acceptors (Lipinski definition) is 3. The summed E-state index contributed by atoms with van der Waals surface area (Å²) in [6, 6.07) is 8.63. The zero-order valence-corrected chi connectivity index (χ0v) is 21.7. The van der Waals surface area contributed by atoms with Crippen molar-refractivity contribution in [3.8, 4) is 0 Å². The Morgan fingerprint density at radius 3 is 2.65 bits per heavy atom. The molecule has 0 atom stereocenters. The Hall–Kier alpha value is -2.36. The van der Waals surface area contributed by atoms with Gasteiger partial charge >= 0.3 is 0 Å². The molecule has 0 aliphatic heterocycles. The highest BCUT2D eigenvalue weighted by molar-refractivity contribution is 14.0. The lowest BCUT2D eigenvalue weighted by molar-refractivity contribution is 0.473. The number of nitrogens with zero attached hydrogens (tertiary/aromatic N) is 6. The molecule has 0 aliphatic carbocycles. The molecule has 2 heterocycles. The van der Waals surface area contributed by atoms with Crippen molar-refractivity contribution in [1.82, 2.24) is 29.5 Å². The number of hydrogen-bond donors (Lipinski definition) is 1. The first kappa shape index (κ1) is 24.9. The van der Waals surface area contributed by atoms with Crippen LogP contribution in [-0.4, -0.2) is 44.3 Å². The lowest BCUT2D eigenvalue weighted by Gasteiger charge is -2.22. The van der Waals surface area contributed by atoms with Crippen molar-refractivity contribution in [3.63, 3.8) is 0 Å². The Bertz CT molecular complexity index is 1000. The topological polar surface area (TPSA) is 63.3 Å². The number of benzene rings is 1. The summed E-state index contributed by atoms with van der Waals surface area (Å²) in [5.74, 6) is 2.28. The Morgan fingerprint density at radius 1 is 1.26 bits per heavy atom. The van der Waals surface area contributed by atoms with E-state index in [0.717, 1.165) is 37.1 Å². The third kappa shape index (κ3) is 6.56. The molecule has 0 aliphatic rings. The molecule has 1 aromatic carbocycles. The van der Waals surface area contributed by atoms with Crippen molar-refractivity contribution >= 4 is 29.9 Å². The van der Waals surface area contributed by atoms with Crippen LogP contribution in [0, 0.1) is 6.92 Å². The van der Waals surface area contributed by atoms with Crippen LogP contribution in [0.2, 0.25) is 0 Å². The van der Waals surface area contributed by atoms with E-state index in [1.54, 1.807) is 0 Å². The fraction of sp³-hybridized carbons (Fsp3) is 0.435. The molecule has 0 unspecified atom stereocenters. The third-order valence-corrected chi connectivity index (χ3v) is 5.18. The highest BCUT2D eigenvalue weighted by atomic mass is 127. The summed E-state index contributed by atoms with van der Waals surface area (Å²) in [7, 11) is 5.86. The quantitative estimate of drug-likeness (QED) is 0.283. The van der Waals surface area contributed by atoms with Gasteiger partial charge in [-0.25, -0.2) is 4.98 Å². The van der Waals surface area contributed by atoms with Crippen LogP contribution in [0.5, 0.6) is 0 Å². The molecule has 0 spiro atoms. The number of rotatable bonds is 7. The van der Waals surface area contributed by atoms with E-state index in [2.05, 4.69) is 81.2 Å². The van der Waals surface area contributed by atoms with Gasteiger partial charge in [0.2, 0.25) is 0 Å². The predicted molar refractivity (Wildman–Crippen MR) is 137 cm³/mol. The summed E-state index contributed by atoms with van der Waals surface area (Å²) in [5.41, 5.74) is 4.86. The highest BCUT2D eigenvalue weighted by Crippen LogP contribution is 2.18. The van der Waals surface area contributed by atoms with Crippen LogP contribution in [0.4, 0.5) is 0 Å². The summed E-state index contributed by atoms with van der Waals surface area (Å²) in [6.45, 7) is 8.69. The first-order chi connectivity index (χ1) is 14.4. The van der Waals surface area contributed by atoms with Crippen molar-refractivity contribution in [3.05, 3.63) is 71.1 Å². The summed E-state index contributed by atoms with van der Waals surface area (Å²) in [4.78, 5) is 10.9. The smallest absolute Gasteiger partial charge is 0.193 e. The second-order valence-corrected chi connectivity index (χ2v) is 8.05. The van der Waals surface area contributed by atoms with Gasteiger partial charge < -0.3 is 14.8 Å². The third-order valence-electron chi connectivity index (χ3n) is 5.18. The van der Waals surface area contributed by atoms with Crippen molar-refractivity contribution in [2.75, 3.05) is 14.1 Å². The Morgan fingerprint density at radius 2 is 2.00 bits per heavy atom. The maximum atomic E-state index is 4.61. The molecular weight excluding hydrogens is 501 g/mol. The van der Waals surface area contributed by atoms with Crippen LogP contribution in [0.25, 0.3) is 0 Å². The van der Waals surface area contributed by atoms with E-state index < -0.39 is 0 Å². The summed E-state index contributed by atoms with van der Waals surface area (Å²) in [5, 5.41) is 8.10. The molecular formula is C23H34IN7. The average molecular weight is 535 g/mol. The van der Waals surface area contributed by atoms with Gasteiger partial charge in [0.1, 0.15) is 5.82 Å². The molecule has 3 rings (SSSR count). The van der Waals surface area contributed by atoms with Gasteiger partial charge in [-0.05, 0) is 24.0 Å². The van der Waals surface area contributed by atoms with Crippen LogP contribution >= 0.6 is 24.0 Å². The largest absolute Gasteiger partial charge is 0.352 e. The van der Waals surface area contributed by atoms with E-state index in [1.807, 2.05) is 38.1 Å². The number of guanidine groups is 1. The van der Waals surface area contributed by atoms with Gasteiger partial charge in [-0.3, -0.25) is 9.67 Å². The van der Waals surface area contributed by atoms with Gasteiger partial charge in [-0.15, -0.1) is 24.0 Å². The number of aryl methyl sites for hydroxylation is 2. The van der Waals surface area contributed by atoms with E-state index in [-0.39, 0.29) is 24.0 Å². The van der Waals surface area contributed by atoms with E-state index in [4.69, 9.17) is 0 Å². The Labute approximate surface area is 202 Å². The number of aliphatic imine (C=N–C) groups is 1. The molecule has 0 amide bonds. The summed E-state index contributed by atoms with van der Waals surface area (Å²) in [6.07, 6.45) is 5.95. The van der Waals surface area contributed by atoms with Gasteiger partial charge in [0, 0.05) is 64.9 Å². The van der Waals surface area contributed by atoms with Crippen LogP contribution in [-0.2, 0) is 26.7 Å². The molecule has 0 saturated heterocycles. The van der Waals surface area contributed by atoms with E-state index in [1.165, 1.54) is 16.7 Å². The first-order valence-electron chi connectivity index (χ1n) is 10.4. The monoisotopic (exact) mass is 535 g/mol. The molecule has 0 radical (unpaired) electrons. The molecule has 0 bridgehead atoms. The molecule has 0 fully saturated rings. The lowest BCUT2D eigenvalue weighted by atomic mass is 10.1. The van der Waals surface area contributed by atoms with Gasteiger partial charge in [0.15, 0.2) is 5.96 Å². The molecule has 7 nitrogen and oxygen atoms in total. The highest BCUT2D eigenvalue weighted by Gasteiger charge is 2.15. The van der Waals surface area contributed by atoms with Gasteiger partial charge in [0.05, 0.1) is 5.69 Å². The van der Waals surface area contributed by atoms with Crippen molar-refractivity contribution in [1.29, 1.82) is 0 Å². The fourth-order valence-electron chi connectivity index (χ4n) is 3.66. The number of imidazole rings is 1. The van der Waals surface area contributed by atoms with Crippen LogP contribution in [0.1, 0.15) is 48.0 Å². The molecule has 31 heavy (non-hydrogen) atoms. The minimum atomic E-state index is 0. The van der Waals surface area contributed by atoms with Gasteiger partial charge in [-0.2, -0.15) is 5.10 Å². The van der Waals surface area contributed by atoms with Gasteiger partial charge in [-0.1, -0.05) is 38.1 Å². The SMILES string of the molecule is CN=C(NCc1cccc(Cn2ccnc2C)c1)N(C)Cc1cn(C)nc1C(C)C.I. The standard InChI is InChI=1S/C23H33N7.HI/c1-17(2)22-21(16-29(6)27-22)15-28(5)23(24-4)26-13-19-8-7-9-20(12-19)14-30-11-10-25-18(30)3;/h7-12,16-17H,13-15H2,1-6H3,(H,24,26);1H. The van der Waals surface area contributed by atoms with Crippen molar-refractivity contribution in [2.45, 2.75) is 46.3 Å². The van der Waals surface area contributed by atoms with Crippen LogP contribution < -0.4 is 5.32 Å². The minimum absolute atomic E-state index is 0. The Balaban J connectivity index is 0.00000341. The maximum Gasteiger partial charge on any atom is 0.193 e. The molecule has 1 N–H and O–H groups in total. The molecule has 3 aromatic rings. The van der Waals surface area contributed by atoms with E-state index in [9.17, 15) is 0 Å². The lowest BCUT2D eigenvalue weighted by Crippen LogP contribution is -2.38. The molecule has 8 heteroatoms. The number of nitrogens with one attached hydrogen (secondary N) is 1. The second kappa shape index (κ2) is 11.3. The van der Waals surface area contributed by atoms with Crippen LogP contribution in [0.3, 0.4) is 0 Å². The number of aromatic nitrogens is 4. The van der Waals surface area contributed by atoms with Crippen LogP contribution in [0.15, 0.2) is 47.8 Å². The molecule has 2 aromatic heterocycles. The minimum Gasteiger partial charge on any atom is -0.352 e. The van der Waals surface area contributed by atoms with Crippen molar-refractivity contribution < 1.29 is 0 Å². The zero-order valence-electron chi connectivity index (χ0n) is 19.3. The normalized spacial score (nSPS) is 11.5. The molecule has 0 saturated carbocycles. The molecule has 168 valence electrons. The van der Waals surface area contributed by atoms with Crippen molar-refractivity contribution in [2.24, 2.45) is 12.0 Å². The van der Waals surface area contributed by atoms with E-state index in [0.29, 0.717) is 5.92 Å². The average Bonchev–Trinajstić information content (AvgIpc) is 3.28. The summed E-state index contributed by atoms with van der Waals surface area (Å²) < 4.78 is 4.04. The fourth-order valence-corrected chi connectivity index (χ4v) is 3.66. The maximum absolute atomic E-state index is 4.61. The Kier molecular flexibility index (Phi) is 9.09. The second-order valence-electron chi connectivity index (χ2n) is 8.05. The summed E-state index contributed by atoms with van der Waals surface area (Å²) >= 11 is 0.